The molecule has 1 fully saturated rings. The number of ether oxygens (including phenoxy) is 1. The zero-order valence-corrected chi connectivity index (χ0v) is 12.4. The molecule has 23 heavy (non-hydrogen) atoms. The van der Waals surface area contributed by atoms with E-state index < -0.39 is 41.4 Å². The average Bonchev–Trinajstić information content (AvgIpc) is 2.92. The van der Waals surface area contributed by atoms with Gasteiger partial charge in [0.15, 0.2) is 11.4 Å². The summed E-state index contributed by atoms with van der Waals surface area (Å²) >= 11 is 0.840. The molecule has 2 atom stereocenters. The molecular weight excluding hydrogens is 342 g/mol. The van der Waals surface area contributed by atoms with E-state index in [4.69, 9.17) is 0 Å². The Hall–Kier alpha value is -1.59. The Balaban J connectivity index is 2.02. The zero-order valence-electron chi connectivity index (χ0n) is 11.6. The van der Waals surface area contributed by atoms with Crippen molar-refractivity contribution in [3.8, 4) is 0 Å². The first kappa shape index (κ1) is 17.8. The lowest BCUT2D eigenvalue weighted by Gasteiger charge is -2.12. The van der Waals surface area contributed by atoms with Crippen LogP contribution in [0.1, 0.15) is 0 Å². The normalized spacial score (nSPS) is 20.9. The third kappa shape index (κ3) is 4.69. The second-order valence-electron chi connectivity index (χ2n) is 4.52. The van der Waals surface area contributed by atoms with Gasteiger partial charge in [-0.3, -0.25) is 19.6 Å². The maximum absolute atomic E-state index is 13.5. The molecule has 2 unspecified atom stereocenters. The molecule has 2 N–H and O–H groups in total. The van der Waals surface area contributed by atoms with Gasteiger partial charge in [0.05, 0.1) is 12.2 Å². The molecule has 0 saturated carbocycles. The SMILES string of the molecule is O=C(Nc1cc(F)c(=O)n(CCF)c1)C1CNC(OC(F)F)S1. The number of carbonyl (C=O) groups excluding carboxylic acids is 1. The van der Waals surface area contributed by atoms with Crippen LogP contribution in [0.4, 0.5) is 23.2 Å². The molecule has 1 aliphatic rings. The molecule has 0 aromatic carbocycles. The molecule has 1 amide bonds. The molecule has 0 spiro atoms. The standard InChI is InChI=1S/C12H13F4N3O3S/c13-1-2-19-5-6(3-7(14)10(19)21)18-9(20)8-4-17-12(23-8)22-11(15)16/h3,5,8,11-12,17H,1-2,4H2,(H,18,20). The molecule has 1 aliphatic heterocycles. The first-order valence-electron chi connectivity index (χ1n) is 6.50. The van der Waals surface area contributed by atoms with Crippen molar-refractivity contribution in [1.29, 1.82) is 0 Å². The van der Waals surface area contributed by atoms with Crippen molar-refractivity contribution in [2.24, 2.45) is 0 Å². The van der Waals surface area contributed by atoms with Crippen LogP contribution in [-0.4, -0.2) is 41.1 Å². The Morgan fingerprint density at radius 1 is 1.57 bits per heavy atom. The van der Waals surface area contributed by atoms with Crippen molar-refractivity contribution in [2.45, 2.75) is 24.0 Å². The van der Waals surface area contributed by atoms with Crippen LogP contribution >= 0.6 is 11.8 Å². The predicted molar refractivity (Wildman–Crippen MR) is 75.5 cm³/mol. The van der Waals surface area contributed by atoms with Gasteiger partial charge in [0.2, 0.25) is 5.91 Å². The lowest BCUT2D eigenvalue weighted by Crippen LogP contribution is -2.30. The summed E-state index contributed by atoms with van der Waals surface area (Å²) in [5.74, 6) is -1.71. The van der Waals surface area contributed by atoms with Gasteiger partial charge < -0.3 is 9.88 Å². The van der Waals surface area contributed by atoms with E-state index in [2.05, 4.69) is 15.4 Å². The monoisotopic (exact) mass is 355 g/mol. The number of thioether (sulfide) groups is 1. The number of amides is 1. The van der Waals surface area contributed by atoms with Crippen LogP contribution in [-0.2, 0) is 16.1 Å². The number of nitrogens with zero attached hydrogens (tertiary/aromatic N) is 1. The Kier molecular flexibility index (Phi) is 6.02. The summed E-state index contributed by atoms with van der Waals surface area (Å²) in [5, 5.41) is 4.20. The van der Waals surface area contributed by atoms with Crippen LogP contribution in [0.15, 0.2) is 17.1 Å². The number of nitrogens with one attached hydrogen (secondary N) is 2. The fourth-order valence-corrected chi connectivity index (χ4v) is 2.94. The molecule has 0 bridgehead atoms. The Bertz CT molecular complexity index is 628. The summed E-state index contributed by atoms with van der Waals surface area (Å²) in [6.07, 6.45) is 1.11. The summed E-state index contributed by atoms with van der Waals surface area (Å²) < 4.78 is 55.0. The first-order valence-corrected chi connectivity index (χ1v) is 7.44. The Morgan fingerprint density at radius 2 is 2.30 bits per heavy atom. The minimum atomic E-state index is -2.97. The van der Waals surface area contributed by atoms with Crippen LogP contribution in [0.3, 0.4) is 0 Å². The maximum Gasteiger partial charge on any atom is 0.347 e. The van der Waals surface area contributed by atoms with Crippen LogP contribution < -0.4 is 16.2 Å². The summed E-state index contributed by atoms with van der Waals surface area (Å²) in [5.41, 5.74) is -2.05. The topological polar surface area (TPSA) is 72.4 Å². The molecule has 1 saturated heterocycles. The second-order valence-corrected chi connectivity index (χ2v) is 5.78. The molecule has 0 aliphatic carbocycles. The molecule has 1 aromatic rings. The van der Waals surface area contributed by atoms with E-state index in [9.17, 15) is 27.2 Å². The highest BCUT2D eigenvalue weighted by Crippen LogP contribution is 2.26. The number of hydrogen-bond donors (Lipinski definition) is 2. The Morgan fingerprint density at radius 3 is 2.96 bits per heavy atom. The van der Waals surface area contributed by atoms with Gasteiger partial charge in [0.25, 0.3) is 5.56 Å². The van der Waals surface area contributed by atoms with Crippen molar-refractivity contribution < 1.29 is 27.1 Å². The summed E-state index contributed by atoms with van der Waals surface area (Å²) in [4.78, 5) is 23.4. The average molecular weight is 355 g/mol. The molecule has 11 heteroatoms. The van der Waals surface area contributed by atoms with E-state index in [-0.39, 0.29) is 18.8 Å². The predicted octanol–water partition coefficient (Wildman–Crippen LogP) is 1.12. The number of halogens is 4. The van der Waals surface area contributed by atoms with E-state index in [0.29, 0.717) is 0 Å². The van der Waals surface area contributed by atoms with Gasteiger partial charge in [-0.2, -0.15) is 8.78 Å². The molecule has 1 aromatic heterocycles. The van der Waals surface area contributed by atoms with Crippen LogP contribution in [0.2, 0.25) is 0 Å². The number of aromatic nitrogens is 1. The van der Waals surface area contributed by atoms with E-state index in [1.165, 1.54) is 0 Å². The number of carbonyl (C=O) groups is 1. The van der Waals surface area contributed by atoms with Gasteiger partial charge in [-0.05, 0) is 0 Å². The summed E-state index contributed by atoms with van der Waals surface area (Å²) in [7, 11) is 0. The highest BCUT2D eigenvalue weighted by molar-refractivity contribution is 8.01. The number of hydrogen-bond acceptors (Lipinski definition) is 5. The van der Waals surface area contributed by atoms with Crippen molar-refractivity contribution in [1.82, 2.24) is 9.88 Å². The summed E-state index contributed by atoms with van der Waals surface area (Å²) in [6.45, 7) is -4.10. The number of aryl methyl sites for hydroxylation is 1. The van der Waals surface area contributed by atoms with E-state index in [0.717, 1.165) is 28.6 Å². The van der Waals surface area contributed by atoms with Crippen LogP contribution in [0, 0.1) is 5.82 Å². The minimum Gasteiger partial charge on any atom is -0.324 e. The van der Waals surface area contributed by atoms with Crippen molar-refractivity contribution >= 4 is 23.4 Å². The lowest BCUT2D eigenvalue weighted by molar-refractivity contribution is -0.143. The lowest BCUT2D eigenvalue weighted by atomic mass is 10.3. The van der Waals surface area contributed by atoms with Crippen LogP contribution in [0.5, 0.6) is 0 Å². The van der Waals surface area contributed by atoms with Crippen LogP contribution in [0.25, 0.3) is 0 Å². The second kappa shape index (κ2) is 7.79. The van der Waals surface area contributed by atoms with E-state index in [1.807, 2.05) is 0 Å². The maximum atomic E-state index is 13.5. The third-order valence-electron chi connectivity index (χ3n) is 2.91. The molecule has 6 nitrogen and oxygen atoms in total. The fraction of sp³-hybridized carbons (Fsp3) is 0.500. The third-order valence-corrected chi connectivity index (χ3v) is 4.15. The van der Waals surface area contributed by atoms with Crippen molar-refractivity contribution in [3.05, 3.63) is 28.4 Å². The fourth-order valence-electron chi connectivity index (χ4n) is 1.92. The number of pyridine rings is 1. The van der Waals surface area contributed by atoms with Gasteiger partial charge in [-0.25, -0.2) is 8.78 Å². The number of rotatable bonds is 6. The molecule has 2 rings (SSSR count). The van der Waals surface area contributed by atoms with Gasteiger partial charge in [0, 0.05) is 18.8 Å². The van der Waals surface area contributed by atoms with E-state index in [1.54, 1.807) is 0 Å². The highest BCUT2D eigenvalue weighted by atomic mass is 32.2. The van der Waals surface area contributed by atoms with Gasteiger partial charge in [-0.1, -0.05) is 11.8 Å². The van der Waals surface area contributed by atoms with Gasteiger partial charge in [0.1, 0.15) is 11.9 Å². The number of alkyl halides is 3. The summed E-state index contributed by atoms with van der Waals surface area (Å²) in [6, 6.07) is 0.815. The molecular formula is C12H13F4N3O3S. The Labute approximate surface area is 132 Å². The minimum absolute atomic E-state index is 0.0284. The smallest absolute Gasteiger partial charge is 0.324 e. The van der Waals surface area contributed by atoms with Crippen molar-refractivity contribution in [2.75, 3.05) is 18.5 Å². The molecule has 2 heterocycles. The number of anilines is 1. The molecule has 0 radical (unpaired) electrons. The largest absolute Gasteiger partial charge is 0.347 e. The highest BCUT2D eigenvalue weighted by Gasteiger charge is 2.32. The molecule has 128 valence electrons. The first-order chi connectivity index (χ1) is 10.9. The van der Waals surface area contributed by atoms with Gasteiger partial charge in [-0.15, -0.1) is 0 Å². The van der Waals surface area contributed by atoms with E-state index >= 15 is 0 Å². The van der Waals surface area contributed by atoms with Crippen molar-refractivity contribution in [3.63, 3.8) is 0 Å². The zero-order chi connectivity index (χ0) is 17.0. The van der Waals surface area contributed by atoms with Gasteiger partial charge >= 0.3 is 6.61 Å². The quantitative estimate of drug-likeness (QED) is 0.749.